The number of aromatic carboxylic acids is 1. The first kappa shape index (κ1) is 18.5. The maximum atomic E-state index is 12.0. The number of para-hydroxylation sites is 1. The van der Waals surface area contributed by atoms with Gasteiger partial charge >= 0.3 is 5.97 Å². The Morgan fingerprint density at radius 3 is 2.41 bits per heavy atom. The number of sulfone groups is 1. The van der Waals surface area contributed by atoms with E-state index in [9.17, 15) is 18.3 Å². The van der Waals surface area contributed by atoms with E-state index in [1.165, 1.54) is 12.1 Å². The molecule has 0 unspecified atom stereocenters. The molecule has 2 aromatic carbocycles. The molecule has 0 aliphatic rings. The second-order valence-electron chi connectivity index (χ2n) is 5.78. The van der Waals surface area contributed by atoms with Gasteiger partial charge in [-0.2, -0.15) is 0 Å². The van der Waals surface area contributed by atoms with Gasteiger partial charge in [0.25, 0.3) is 0 Å². The summed E-state index contributed by atoms with van der Waals surface area (Å²) in [6.45, 7) is 1.59. The van der Waals surface area contributed by atoms with Gasteiger partial charge < -0.3 is 9.67 Å². The molecule has 0 fully saturated rings. The Kier molecular flexibility index (Phi) is 5.15. The molecule has 5 nitrogen and oxygen atoms in total. The van der Waals surface area contributed by atoms with E-state index in [0.29, 0.717) is 16.8 Å². The zero-order valence-electron chi connectivity index (χ0n) is 14.6. The number of benzene rings is 2. The number of carbonyl (C=O) groups is 1. The fourth-order valence-corrected chi connectivity index (χ4v) is 3.58. The summed E-state index contributed by atoms with van der Waals surface area (Å²) in [6, 6.07) is 14.9. The molecule has 3 aromatic rings. The number of carboxylic acid groups (broad SMARTS) is 1. The van der Waals surface area contributed by atoms with Gasteiger partial charge in [-0.1, -0.05) is 30.9 Å². The lowest BCUT2D eigenvalue weighted by Gasteiger charge is -2.10. The largest absolute Gasteiger partial charge is 0.478 e. The van der Waals surface area contributed by atoms with Crippen LogP contribution in [0.4, 0.5) is 0 Å². The minimum absolute atomic E-state index is 0.0162. The van der Waals surface area contributed by atoms with Gasteiger partial charge in [0.2, 0.25) is 0 Å². The first-order valence-electron chi connectivity index (χ1n) is 8.27. The van der Waals surface area contributed by atoms with Crippen molar-refractivity contribution in [3.63, 3.8) is 0 Å². The molecule has 1 N–H and O–H groups in total. The van der Waals surface area contributed by atoms with Crippen molar-refractivity contribution >= 4 is 15.8 Å². The Labute approximate surface area is 157 Å². The summed E-state index contributed by atoms with van der Waals surface area (Å²) in [5, 5.41) is 9.50. The maximum Gasteiger partial charge on any atom is 0.337 e. The Morgan fingerprint density at radius 2 is 1.74 bits per heavy atom. The standard InChI is InChI=1S/C21H17NO4S/c1-2-27(25,26)18-9-5-7-16(15-18)11-12-17-8-6-10-19(21(23)24)20(17)22-13-3-4-14-22/h3-10,13-15H,2H2,1H3,(H,23,24). The molecule has 136 valence electrons. The van der Waals surface area contributed by atoms with Gasteiger partial charge in [-0.25, -0.2) is 13.2 Å². The lowest BCUT2D eigenvalue weighted by molar-refractivity contribution is 0.0697. The van der Waals surface area contributed by atoms with Gasteiger partial charge in [0.1, 0.15) is 0 Å². The number of nitrogens with zero attached hydrogens (tertiary/aromatic N) is 1. The summed E-state index contributed by atoms with van der Waals surface area (Å²) < 4.78 is 25.8. The molecule has 6 heteroatoms. The highest BCUT2D eigenvalue weighted by Crippen LogP contribution is 2.20. The van der Waals surface area contributed by atoms with Crippen molar-refractivity contribution < 1.29 is 18.3 Å². The highest BCUT2D eigenvalue weighted by molar-refractivity contribution is 7.91. The van der Waals surface area contributed by atoms with Crippen LogP contribution < -0.4 is 0 Å². The molecular formula is C21H17NO4S. The monoisotopic (exact) mass is 379 g/mol. The summed E-state index contributed by atoms with van der Waals surface area (Å²) in [4.78, 5) is 11.8. The number of hydrogen-bond acceptors (Lipinski definition) is 3. The number of hydrogen-bond donors (Lipinski definition) is 1. The third-order valence-electron chi connectivity index (χ3n) is 4.04. The summed E-state index contributed by atoms with van der Waals surface area (Å²) >= 11 is 0. The Balaban J connectivity index is 2.10. The quantitative estimate of drug-likeness (QED) is 0.705. The van der Waals surface area contributed by atoms with Gasteiger partial charge in [-0.15, -0.1) is 0 Å². The van der Waals surface area contributed by atoms with Crippen LogP contribution in [-0.4, -0.2) is 29.8 Å². The van der Waals surface area contributed by atoms with E-state index in [4.69, 9.17) is 0 Å². The fraction of sp³-hybridized carbons (Fsp3) is 0.0952. The lowest BCUT2D eigenvalue weighted by Crippen LogP contribution is -2.06. The fourth-order valence-electron chi connectivity index (χ4n) is 2.65. The van der Waals surface area contributed by atoms with Gasteiger partial charge in [0, 0.05) is 23.5 Å². The van der Waals surface area contributed by atoms with Gasteiger partial charge in [0.05, 0.1) is 21.9 Å². The summed E-state index contributed by atoms with van der Waals surface area (Å²) in [7, 11) is -3.31. The zero-order valence-corrected chi connectivity index (χ0v) is 15.4. The Bertz CT molecular complexity index is 1150. The highest BCUT2D eigenvalue weighted by atomic mass is 32.2. The molecule has 0 aliphatic heterocycles. The number of aromatic nitrogens is 1. The van der Waals surface area contributed by atoms with Crippen molar-refractivity contribution in [2.75, 3.05) is 5.75 Å². The van der Waals surface area contributed by atoms with Crippen LogP contribution in [0.15, 0.2) is 71.9 Å². The van der Waals surface area contributed by atoms with Crippen LogP contribution in [0.3, 0.4) is 0 Å². The van der Waals surface area contributed by atoms with E-state index in [-0.39, 0.29) is 16.2 Å². The van der Waals surface area contributed by atoms with Crippen molar-refractivity contribution in [2.45, 2.75) is 11.8 Å². The zero-order chi connectivity index (χ0) is 19.4. The van der Waals surface area contributed by atoms with Crippen LogP contribution in [0.1, 0.15) is 28.4 Å². The van der Waals surface area contributed by atoms with Gasteiger partial charge in [-0.05, 0) is 42.5 Å². The smallest absolute Gasteiger partial charge is 0.337 e. The predicted molar refractivity (Wildman–Crippen MR) is 103 cm³/mol. The average Bonchev–Trinajstić information content (AvgIpc) is 3.20. The van der Waals surface area contributed by atoms with Gasteiger partial charge in [-0.3, -0.25) is 0 Å². The minimum Gasteiger partial charge on any atom is -0.478 e. The molecule has 0 saturated carbocycles. The molecule has 0 saturated heterocycles. The minimum atomic E-state index is -3.31. The van der Waals surface area contributed by atoms with Crippen LogP contribution in [0, 0.1) is 11.8 Å². The third-order valence-corrected chi connectivity index (χ3v) is 5.78. The molecule has 0 amide bonds. The van der Waals surface area contributed by atoms with Gasteiger partial charge in [0.15, 0.2) is 9.84 Å². The van der Waals surface area contributed by atoms with Crippen LogP contribution in [-0.2, 0) is 9.84 Å². The summed E-state index contributed by atoms with van der Waals surface area (Å²) in [6.07, 6.45) is 3.50. The number of rotatable bonds is 4. The average molecular weight is 379 g/mol. The van der Waals surface area contributed by atoms with E-state index in [2.05, 4.69) is 11.8 Å². The predicted octanol–water partition coefficient (Wildman–Crippen LogP) is 3.37. The van der Waals surface area contributed by atoms with E-state index in [0.717, 1.165) is 0 Å². The molecule has 1 aromatic heterocycles. The Hall–Kier alpha value is -3.30. The number of carboxylic acids is 1. The molecule has 1 heterocycles. The Morgan fingerprint density at radius 1 is 1.04 bits per heavy atom. The van der Waals surface area contributed by atoms with Crippen LogP contribution in [0.5, 0.6) is 0 Å². The van der Waals surface area contributed by atoms with Crippen molar-refractivity contribution in [2.24, 2.45) is 0 Å². The topological polar surface area (TPSA) is 76.4 Å². The third kappa shape index (κ3) is 3.94. The molecule has 3 rings (SSSR count). The molecule has 0 radical (unpaired) electrons. The molecule has 0 aliphatic carbocycles. The SMILES string of the molecule is CCS(=O)(=O)c1cccc(C#Cc2cccc(C(=O)O)c2-n2cccc2)c1. The van der Waals surface area contributed by atoms with E-state index in [1.54, 1.807) is 66.3 Å². The van der Waals surface area contributed by atoms with Crippen molar-refractivity contribution in [3.8, 4) is 17.5 Å². The first-order chi connectivity index (χ1) is 12.9. The van der Waals surface area contributed by atoms with Crippen LogP contribution in [0.2, 0.25) is 0 Å². The molecule has 0 spiro atoms. The second-order valence-corrected chi connectivity index (χ2v) is 8.06. The first-order valence-corrected chi connectivity index (χ1v) is 9.92. The van der Waals surface area contributed by atoms with Crippen molar-refractivity contribution in [1.82, 2.24) is 4.57 Å². The second kappa shape index (κ2) is 7.52. The van der Waals surface area contributed by atoms with E-state index < -0.39 is 15.8 Å². The molecule has 0 bridgehead atoms. The molecule has 0 atom stereocenters. The normalized spacial score (nSPS) is 10.9. The van der Waals surface area contributed by atoms with E-state index >= 15 is 0 Å². The summed E-state index contributed by atoms with van der Waals surface area (Å²) in [5.74, 6) is 4.90. The van der Waals surface area contributed by atoms with Crippen LogP contribution >= 0.6 is 0 Å². The molecular weight excluding hydrogens is 362 g/mol. The van der Waals surface area contributed by atoms with E-state index in [1.807, 2.05) is 0 Å². The van der Waals surface area contributed by atoms with Crippen molar-refractivity contribution in [1.29, 1.82) is 0 Å². The molecule has 27 heavy (non-hydrogen) atoms. The summed E-state index contributed by atoms with van der Waals surface area (Å²) in [5.41, 5.74) is 1.69. The maximum absolute atomic E-state index is 12.0. The highest BCUT2D eigenvalue weighted by Gasteiger charge is 2.14. The van der Waals surface area contributed by atoms with Crippen molar-refractivity contribution in [3.05, 3.63) is 83.7 Å². The van der Waals surface area contributed by atoms with Crippen LogP contribution in [0.25, 0.3) is 5.69 Å². The lowest BCUT2D eigenvalue weighted by atomic mass is 10.1.